The summed E-state index contributed by atoms with van der Waals surface area (Å²) in [6.07, 6.45) is 2.20. The first kappa shape index (κ1) is 14.6. The maximum atomic E-state index is 13.4. The highest BCUT2D eigenvalue weighted by atomic mass is 19.1. The van der Waals surface area contributed by atoms with Gasteiger partial charge in [0, 0.05) is 24.1 Å². The highest BCUT2D eigenvalue weighted by Gasteiger charge is 2.12. The molecule has 100 valence electrons. The second-order valence-electron chi connectivity index (χ2n) is 4.09. The third-order valence-electron chi connectivity index (χ3n) is 2.74. The van der Waals surface area contributed by atoms with Gasteiger partial charge in [-0.3, -0.25) is 4.79 Å². The molecule has 1 atom stereocenters. The van der Waals surface area contributed by atoms with Crippen LogP contribution in [0.5, 0.6) is 0 Å². The van der Waals surface area contributed by atoms with Crippen molar-refractivity contribution in [2.24, 2.45) is 5.73 Å². The minimum absolute atomic E-state index is 0.267. The lowest BCUT2D eigenvalue weighted by Crippen LogP contribution is -2.12. The van der Waals surface area contributed by atoms with E-state index in [-0.39, 0.29) is 5.97 Å². The molecule has 0 heterocycles. The smallest absolute Gasteiger partial charge is 0.305 e. The molecule has 2 N–H and O–H groups in total. The maximum absolute atomic E-state index is 13.4. The number of halogens is 2. The Bertz CT molecular complexity index is 410. The molecular weight excluding hydrogens is 240 g/mol. The van der Waals surface area contributed by atoms with Crippen molar-refractivity contribution in [2.75, 3.05) is 7.11 Å². The Labute approximate surface area is 105 Å². The average molecular weight is 257 g/mol. The molecule has 1 rings (SSSR count). The van der Waals surface area contributed by atoms with E-state index < -0.39 is 17.7 Å². The minimum atomic E-state index is -0.629. The molecule has 0 bridgehead atoms. The van der Waals surface area contributed by atoms with Crippen LogP contribution in [0.15, 0.2) is 18.2 Å². The van der Waals surface area contributed by atoms with Crippen LogP contribution >= 0.6 is 0 Å². The van der Waals surface area contributed by atoms with Crippen molar-refractivity contribution in [3.63, 3.8) is 0 Å². The quantitative estimate of drug-likeness (QED) is 0.629. The molecular formula is C13H17F2NO2. The van der Waals surface area contributed by atoms with Gasteiger partial charge in [0.2, 0.25) is 0 Å². The van der Waals surface area contributed by atoms with Crippen molar-refractivity contribution < 1.29 is 18.3 Å². The largest absolute Gasteiger partial charge is 0.469 e. The molecule has 0 radical (unpaired) electrons. The van der Waals surface area contributed by atoms with Gasteiger partial charge in [-0.1, -0.05) is 12.5 Å². The fraction of sp³-hybridized carbons (Fsp3) is 0.462. The van der Waals surface area contributed by atoms with E-state index in [1.54, 1.807) is 0 Å². The second-order valence-corrected chi connectivity index (χ2v) is 4.09. The Hall–Kier alpha value is -1.49. The lowest BCUT2D eigenvalue weighted by atomic mass is 10.0. The molecule has 0 aliphatic heterocycles. The Kier molecular flexibility index (Phi) is 5.71. The number of carbonyl (C=O) groups is 1. The van der Waals surface area contributed by atoms with Crippen LogP contribution in [0.1, 0.15) is 37.3 Å². The monoisotopic (exact) mass is 257 g/mol. The van der Waals surface area contributed by atoms with E-state index in [9.17, 15) is 13.6 Å². The van der Waals surface area contributed by atoms with Crippen LogP contribution in [0.4, 0.5) is 8.78 Å². The molecule has 5 heteroatoms. The van der Waals surface area contributed by atoms with Gasteiger partial charge < -0.3 is 10.5 Å². The summed E-state index contributed by atoms with van der Waals surface area (Å²) in [7, 11) is 1.34. The van der Waals surface area contributed by atoms with E-state index in [0.29, 0.717) is 31.2 Å². The van der Waals surface area contributed by atoms with Gasteiger partial charge in [0.05, 0.1) is 7.11 Å². The molecule has 0 fully saturated rings. The number of benzene rings is 1. The minimum Gasteiger partial charge on any atom is -0.469 e. The molecule has 1 unspecified atom stereocenters. The van der Waals surface area contributed by atoms with Crippen LogP contribution in [0.3, 0.4) is 0 Å². The third-order valence-corrected chi connectivity index (χ3v) is 2.74. The predicted octanol–water partition coefficient (Wildman–Crippen LogP) is 2.70. The first-order valence-electron chi connectivity index (χ1n) is 5.82. The van der Waals surface area contributed by atoms with Crippen LogP contribution in [0.25, 0.3) is 0 Å². The van der Waals surface area contributed by atoms with E-state index >= 15 is 0 Å². The summed E-state index contributed by atoms with van der Waals surface area (Å²) in [6, 6.07) is 2.88. The Morgan fingerprint density at radius 2 is 2.11 bits per heavy atom. The van der Waals surface area contributed by atoms with E-state index in [1.807, 2.05) is 0 Å². The molecule has 0 saturated carbocycles. The van der Waals surface area contributed by atoms with Gasteiger partial charge in [-0.15, -0.1) is 0 Å². The summed E-state index contributed by atoms with van der Waals surface area (Å²) in [5.41, 5.74) is 6.12. The van der Waals surface area contributed by atoms with Gasteiger partial charge in [-0.2, -0.15) is 0 Å². The molecule has 0 saturated heterocycles. The zero-order valence-electron chi connectivity index (χ0n) is 10.3. The maximum Gasteiger partial charge on any atom is 0.305 e. The summed E-state index contributed by atoms with van der Waals surface area (Å²) in [5, 5.41) is 0. The number of ether oxygens (including phenoxy) is 1. The van der Waals surface area contributed by atoms with Crippen LogP contribution < -0.4 is 5.73 Å². The first-order valence-corrected chi connectivity index (χ1v) is 5.82. The summed E-state index contributed by atoms with van der Waals surface area (Å²) in [6.45, 7) is 0. The third kappa shape index (κ3) is 4.41. The fourth-order valence-corrected chi connectivity index (χ4v) is 1.69. The number of esters is 1. The van der Waals surface area contributed by atoms with E-state index in [0.717, 1.165) is 6.07 Å². The lowest BCUT2D eigenvalue weighted by Gasteiger charge is -2.12. The summed E-state index contributed by atoms with van der Waals surface area (Å²) >= 11 is 0. The molecule has 0 spiro atoms. The van der Waals surface area contributed by atoms with Gasteiger partial charge in [-0.25, -0.2) is 8.78 Å². The van der Waals surface area contributed by atoms with Gasteiger partial charge in [0.25, 0.3) is 0 Å². The molecule has 0 aliphatic rings. The standard InChI is InChI=1S/C13H17F2NO2/c1-18-13(17)5-3-2-4-12(16)10-7-6-9(14)8-11(10)15/h6-8,12H,2-5,16H2,1H3. The molecule has 3 nitrogen and oxygen atoms in total. The second kappa shape index (κ2) is 7.06. The van der Waals surface area contributed by atoms with Gasteiger partial charge in [0.15, 0.2) is 0 Å². The SMILES string of the molecule is COC(=O)CCCCC(N)c1ccc(F)cc1F. The molecule has 18 heavy (non-hydrogen) atoms. The lowest BCUT2D eigenvalue weighted by molar-refractivity contribution is -0.140. The Morgan fingerprint density at radius 1 is 1.39 bits per heavy atom. The zero-order valence-corrected chi connectivity index (χ0v) is 10.3. The van der Waals surface area contributed by atoms with E-state index in [4.69, 9.17) is 5.73 Å². The van der Waals surface area contributed by atoms with Crippen LogP contribution in [0, 0.1) is 11.6 Å². The van der Waals surface area contributed by atoms with Crippen LogP contribution in [0.2, 0.25) is 0 Å². The number of unbranched alkanes of at least 4 members (excludes halogenated alkanes) is 1. The normalized spacial score (nSPS) is 12.2. The van der Waals surface area contributed by atoms with E-state index in [2.05, 4.69) is 4.74 Å². The number of methoxy groups -OCH3 is 1. The number of hydrogen-bond donors (Lipinski definition) is 1. The first-order chi connectivity index (χ1) is 8.54. The highest BCUT2D eigenvalue weighted by Crippen LogP contribution is 2.21. The number of carbonyl (C=O) groups excluding carboxylic acids is 1. The van der Waals surface area contributed by atoms with E-state index in [1.165, 1.54) is 19.2 Å². The zero-order chi connectivity index (χ0) is 13.5. The van der Waals surface area contributed by atoms with Crippen molar-refractivity contribution in [3.8, 4) is 0 Å². The molecule has 1 aromatic rings. The topological polar surface area (TPSA) is 52.3 Å². The van der Waals surface area contributed by atoms with Crippen molar-refractivity contribution in [1.82, 2.24) is 0 Å². The van der Waals surface area contributed by atoms with Gasteiger partial charge >= 0.3 is 5.97 Å². The van der Waals surface area contributed by atoms with Crippen molar-refractivity contribution >= 4 is 5.97 Å². The van der Waals surface area contributed by atoms with Gasteiger partial charge in [0.1, 0.15) is 11.6 Å². The molecule has 0 aromatic heterocycles. The van der Waals surface area contributed by atoms with Crippen molar-refractivity contribution in [1.29, 1.82) is 0 Å². The van der Waals surface area contributed by atoms with Crippen LogP contribution in [-0.2, 0) is 9.53 Å². The Morgan fingerprint density at radius 3 is 2.72 bits per heavy atom. The van der Waals surface area contributed by atoms with Crippen molar-refractivity contribution in [3.05, 3.63) is 35.4 Å². The van der Waals surface area contributed by atoms with Crippen LogP contribution in [-0.4, -0.2) is 13.1 Å². The summed E-state index contributed by atoms with van der Waals surface area (Å²) in [5.74, 6) is -1.51. The highest BCUT2D eigenvalue weighted by molar-refractivity contribution is 5.68. The fourth-order valence-electron chi connectivity index (χ4n) is 1.69. The number of rotatable bonds is 6. The Balaban J connectivity index is 2.40. The summed E-state index contributed by atoms with van der Waals surface area (Å²) < 4.78 is 30.6. The van der Waals surface area contributed by atoms with Gasteiger partial charge in [-0.05, 0) is 18.9 Å². The molecule has 0 amide bonds. The number of hydrogen-bond acceptors (Lipinski definition) is 3. The average Bonchev–Trinajstić information content (AvgIpc) is 2.34. The summed E-state index contributed by atoms with van der Waals surface area (Å²) in [4.78, 5) is 10.9. The predicted molar refractivity (Wildman–Crippen MR) is 63.8 cm³/mol. The molecule has 0 aliphatic carbocycles. The number of nitrogens with two attached hydrogens (primary N) is 1. The molecule has 1 aromatic carbocycles. The van der Waals surface area contributed by atoms with Crippen molar-refractivity contribution in [2.45, 2.75) is 31.7 Å².